The highest BCUT2D eigenvalue weighted by Crippen LogP contribution is 2.29. The van der Waals surface area contributed by atoms with Crippen LogP contribution in [-0.2, 0) is 0 Å². The molecule has 0 radical (unpaired) electrons. The van der Waals surface area contributed by atoms with E-state index in [1.165, 1.54) is 0 Å². The molecule has 0 aliphatic rings. The van der Waals surface area contributed by atoms with Gasteiger partial charge >= 0.3 is 0 Å². The number of nitrogens with two attached hydrogens (primary N) is 1. The number of anilines is 2. The van der Waals surface area contributed by atoms with E-state index in [0.29, 0.717) is 0 Å². The topological polar surface area (TPSA) is 50.9 Å². The molecule has 0 saturated heterocycles. The van der Waals surface area contributed by atoms with Gasteiger partial charge in [0.1, 0.15) is 5.82 Å². The van der Waals surface area contributed by atoms with Crippen molar-refractivity contribution in [3.05, 3.63) is 64.8 Å². The molecule has 106 valence electrons. The molecule has 1 atom stereocenters. The number of benzene rings is 2. The highest BCUT2D eigenvalue weighted by atomic mass is 79.9. The monoisotopic (exact) mass is 341 g/mol. The molecule has 0 saturated carbocycles. The van der Waals surface area contributed by atoms with Crippen LogP contribution < -0.4 is 11.1 Å². The van der Waals surface area contributed by atoms with Gasteiger partial charge in [-0.3, -0.25) is 0 Å². The molecule has 1 heterocycles. The lowest BCUT2D eigenvalue weighted by Gasteiger charge is -2.17. The van der Waals surface area contributed by atoms with Crippen LogP contribution >= 0.6 is 15.9 Å². The van der Waals surface area contributed by atoms with Crippen LogP contribution in [0.25, 0.3) is 10.8 Å². The fourth-order valence-electron chi connectivity index (χ4n) is 2.40. The van der Waals surface area contributed by atoms with E-state index < -0.39 is 0 Å². The molecule has 3 rings (SSSR count). The molecule has 4 heteroatoms. The van der Waals surface area contributed by atoms with Crippen LogP contribution in [0.2, 0.25) is 0 Å². The van der Waals surface area contributed by atoms with Gasteiger partial charge in [-0.25, -0.2) is 4.98 Å². The molecule has 0 amide bonds. The van der Waals surface area contributed by atoms with Crippen LogP contribution in [0.4, 0.5) is 11.5 Å². The van der Waals surface area contributed by atoms with Crippen molar-refractivity contribution < 1.29 is 0 Å². The highest BCUT2D eigenvalue weighted by Gasteiger charge is 2.09. The second kappa shape index (κ2) is 5.74. The van der Waals surface area contributed by atoms with Crippen LogP contribution in [-0.4, -0.2) is 4.98 Å². The van der Waals surface area contributed by atoms with Gasteiger partial charge in [-0.15, -0.1) is 0 Å². The lowest BCUT2D eigenvalue weighted by atomic mass is 10.1. The van der Waals surface area contributed by atoms with Gasteiger partial charge in [-0.2, -0.15) is 0 Å². The van der Waals surface area contributed by atoms with Crippen molar-refractivity contribution in [1.82, 2.24) is 4.98 Å². The lowest BCUT2D eigenvalue weighted by molar-refractivity contribution is 0.878. The first kappa shape index (κ1) is 13.9. The number of fused-ring (bicyclic) bond motifs is 1. The van der Waals surface area contributed by atoms with Gasteiger partial charge in [0, 0.05) is 27.1 Å². The number of nitrogen functional groups attached to an aromatic ring is 1. The zero-order valence-corrected chi connectivity index (χ0v) is 13.3. The van der Waals surface area contributed by atoms with Crippen LogP contribution in [0, 0.1) is 0 Å². The number of halogens is 1. The molecule has 1 aromatic heterocycles. The number of hydrogen-bond donors (Lipinski definition) is 2. The Labute approximate surface area is 132 Å². The SMILES string of the molecule is CC(Nc1nccc2c(Br)cccc12)c1cccc(N)c1. The number of aromatic nitrogens is 1. The normalized spacial score (nSPS) is 12.3. The van der Waals surface area contributed by atoms with Gasteiger partial charge in [-0.1, -0.05) is 40.2 Å². The van der Waals surface area contributed by atoms with Gasteiger partial charge in [0.25, 0.3) is 0 Å². The van der Waals surface area contributed by atoms with E-state index in [4.69, 9.17) is 5.73 Å². The highest BCUT2D eigenvalue weighted by molar-refractivity contribution is 9.10. The predicted molar refractivity (Wildman–Crippen MR) is 92.3 cm³/mol. The van der Waals surface area contributed by atoms with Gasteiger partial charge in [0.15, 0.2) is 0 Å². The summed E-state index contributed by atoms with van der Waals surface area (Å²) < 4.78 is 1.07. The fraction of sp³-hybridized carbons (Fsp3) is 0.118. The number of rotatable bonds is 3. The molecule has 0 aliphatic heterocycles. The molecule has 0 fully saturated rings. The average Bonchev–Trinajstić information content (AvgIpc) is 2.48. The van der Waals surface area contributed by atoms with Crippen molar-refractivity contribution in [3.63, 3.8) is 0 Å². The maximum atomic E-state index is 5.85. The Morgan fingerprint density at radius 1 is 1.10 bits per heavy atom. The number of hydrogen-bond acceptors (Lipinski definition) is 3. The summed E-state index contributed by atoms with van der Waals surface area (Å²) in [6.07, 6.45) is 1.82. The smallest absolute Gasteiger partial charge is 0.134 e. The molecule has 0 spiro atoms. The molecule has 3 N–H and O–H groups in total. The standard InChI is InChI=1S/C17H16BrN3/c1-11(12-4-2-5-13(19)10-12)21-17-15-6-3-7-16(18)14(15)8-9-20-17/h2-11H,19H2,1H3,(H,20,21). The first-order valence-corrected chi connectivity index (χ1v) is 7.59. The summed E-state index contributed by atoms with van der Waals surface area (Å²) in [7, 11) is 0. The Morgan fingerprint density at radius 2 is 1.90 bits per heavy atom. The minimum atomic E-state index is 0.130. The van der Waals surface area contributed by atoms with Crippen molar-refractivity contribution in [1.29, 1.82) is 0 Å². The molecular formula is C17H16BrN3. The Balaban J connectivity index is 1.97. The first-order valence-electron chi connectivity index (χ1n) is 6.80. The second-order valence-electron chi connectivity index (χ2n) is 5.03. The van der Waals surface area contributed by atoms with Crippen molar-refractivity contribution in [2.45, 2.75) is 13.0 Å². The van der Waals surface area contributed by atoms with Crippen LogP contribution in [0.5, 0.6) is 0 Å². The fourth-order valence-corrected chi connectivity index (χ4v) is 2.90. The van der Waals surface area contributed by atoms with E-state index in [1.807, 2.05) is 42.6 Å². The van der Waals surface area contributed by atoms with Crippen LogP contribution in [0.15, 0.2) is 59.2 Å². The van der Waals surface area contributed by atoms with Gasteiger partial charge in [-0.05, 0) is 36.8 Å². The molecule has 21 heavy (non-hydrogen) atoms. The second-order valence-corrected chi connectivity index (χ2v) is 5.88. The summed E-state index contributed by atoms with van der Waals surface area (Å²) >= 11 is 3.58. The zero-order chi connectivity index (χ0) is 14.8. The largest absolute Gasteiger partial charge is 0.399 e. The van der Waals surface area contributed by atoms with Crippen LogP contribution in [0.3, 0.4) is 0 Å². The Morgan fingerprint density at radius 3 is 2.71 bits per heavy atom. The summed E-state index contributed by atoms with van der Waals surface area (Å²) in [5.74, 6) is 0.878. The first-order chi connectivity index (χ1) is 10.1. The summed E-state index contributed by atoms with van der Waals surface area (Å²) in [4.78, 5) is 4.47. The van der Waals surface area contributed by atoms with Gasteiger partial charge < -0.3 is 11.1 Å². The maximum Gasteiger partial charge on any atom is 0.134 e. The summed E-state index contributed by atoms with van der Waals surface area (Å²) in [6.45, 7) is 2.10. The third-order valence-electron chi connectivity index (χ3n) is 3.52. The van der Waals surface area contributed by atoms with E-state index in [1.54, 1.807) is 0 Å². The third-order valence-corrected chi connectivity index (χ3v) is 4.21. The quantitative estimate of drug-likeness (QED) is 0.675. The predicted octanol–water partition coefficient (Wildman–Crippen LogP) is 4.75. The minimum absolute atomic E-state index is 0.130. The molecule has 3 nitrogen and oxygen atoms in total. The summed E-state index contributed by atoms with van der Waals surface area (Å²) in [5.41, 5.74) is 7.77. The zero-order valence-electron chi connectivity index (χ0n) is 11.7. The van der Waals surface area contributed by atoms with E-state index >= 15 is 0 Å². The van der Waals surface area contributed by atoms with Crippen molar-refractivity contribution in [2.75, 3.05) is 11.1 Å². The van der Waals surface area contributed by atoms with E-state index in [2.05, 4.69) is 45.3 Å². The molecular weight excluding hydrogens is 326 g/mol. The Bertz CT molecular complexity index is 786. The Kier molecular flexibility index (Phi) is 3.80. The molecule has 3 aromatic rings. The Hall–Kier alpha value is -2.07. The number of pyridine rings is 1. The lowest BCUT2D eigenvalue weighted by Crippen LogP contribution is -2.08. The maximum absolute atomic E-state index is 5.85. The number of nitrogens with one attached hydrogen (secondary N) is 1. The van der Waals surface area contributed by atoms with E-state index in [9.17, 15) is 0 Å². The molecule has 2 aromatic carbocycles. The number of nitrogens with zero attached hydrogens (tertiary/aromatic N) is 1. The third kappa shape index (κ3) is 2.85. The average molecular weight is 342 g/mol. The molecule has 0 aliphatic carbocycles. The van der Waals surface area contributed by atoms with Crippen molar-refractivity contribution >= 4 is 38.2 Å². The summed E-state index contributed by atoms with van der Waals surface area (Å²) in [5, 5.41) is 5.72. The van der Waals surface area contributed by atoms with Crippen LogP contribution in [0.1, 0.15) is 18.5 Å². The molecule has 0 bridgehead atoms. The van der Waals surface area contributed by atoms with Gasteiger partial charge in [0.2, 0.25) is 0 Å². The van der Waals surface area contributed by atoms with E-state index in [0.717, 1.165) is 32.3 Å². The van der Waals surface area contributed by atoms with Crippen molar-refractivity contribution in [3.8, 4) is 0 Å². The summed E-state index contributed by atoms with van der Waals surface area (Å²) in [6, 6.07) is 16.2. The molecule has 1 unspecified atom stereocenters. The minimum Gasteiger partial charge on any atom is -0.399 e. The van der Waals surface area contributed by atoms with Crippen molar-refractivity contribution in [2.24, 2.45) is 0 Å². The van der Waals surface area contributed by atoms with Gasteiger partial charge in [0.05, 0.1) is 6.04 Å². The van der Waals surface area contributed by atoms with E-state index in [-0.39, 0.29) is 6.04 Å².